The summed E-state index contributed by atoms with van der Waals surface area (Å²) >= 11 is 0. The van der Waals surface area contributed by atoms with Gasteiger partial charge in [0.1, 0.15) is 6.26 Å². The normalized spacial score (nSPS) is 10.8. The molecule has 0 aliphatic carbocycles. The zero-order chi connectivity index (χ0) is 13.0. The van der Waals surface area contributed by atoms with Crippen LogP contribution in [0.5, 0.6) is 0 Å². The predicted octanol–water partition coefficient (Wildman–Crippen LogP) is 3.46. The van der Waals surface area contributed by atoms with Crippen molar-refractivity contribution in [2.75, 3.05) is 6.54 Å². The molecule has 0 spiro atoms. The van der Waals surface area contributed by atoms with Gasteiger partial charge in [-0.1, -0.05) is 24.6 Å². The minimum Gasteiger partial charge on any atom is -0.444 e. The van der Waals surface area contributed by atoms with E-state index in [1.54, 1.807) is 6.26 Å². The Labute approximate surface area is 108 Å². The van der Waals surface area contributed by atoms with Crippen LogP contribution in [0, 0.1) is 13.8 Å². The van der Waals surface area contributed by atoms with Crippen molar-refractivity contribution < 1.29 is 4.42 Å². The minimum atomic E-state index is 0.712. The summed E-state index contributed by atoms with van der Waals surface area (Å²) in [5, 5.41) is 3.32. The maximum Gasteiger partial charge on any atom is 0.226 e. The third-order valence-corrected chi connectivity index (χ3v) is 2.91. The van der Waals surface area contributed by atoms with E-state index in [1.165, 1.54) is 11.1 Å². The number of hydrogen-bond acceptors (Lipinski definition) is 3. The van der Waals surface area contributed by atoms with Crippen LogP contribution in [0.3, 0.4) is 0 Å². The first-order valence-corrected chi connectivity index (χ1v) is 6.43. The van der Waals surface area contributed by atoms with Crippen LogP contribution in [-0.4, -0.2) is 11.5 Å². The second kappa shape index (κ2) is 5.83. The first kappa shape index (κ1) is 12.8. The van der Waals surface area contributed by atoms with Gasteiger partial charge < -0.3 is 9.73 Å². The van der Waals surface area contributed by atoms with Gasteiger partial charge in [0, 0.05) is 12.1 Å². The fraction of sp³-hybridized carbons (Fsp3) is 0.400. The topological polar surface area (TPSA) is 38.1 Å². The van der Waals surface area contributed by atoms with Crippen molar-refractivity contribution in [3.8, 4) is 11.5 Å². The smallest absolute Gasteiger partial charge is 0.226 e. The SMILES string of the molecule is CCCNCc1coc(-c2cc(C)ccc2C)n1. The monoisotopic (exact) mass is 244 g/mol. The summed E-state index contributed by atoms with van der Waals surface area (Å²) in [4.78, 5) is 4.53. The second-order valence-corrected chi connectivity index (χ2v) is 4.64. The summed E-state index contributed by atoms with van der Waals surface area (Å²) in [5.74, 6) is 0.712. The number of benzene rings is 1. The number of hydrogen-bond donors (Lipinski definition) is 1. The van der Waals surface area contributed by atoms with Crippen molar-refractivity contribution in [3.05, 3.63) is 41.3 Å². The van der Waals surface area contributed by atoms with E-state index in [9.17, 15) is 0 Å². The highest BCUT2D eigenvalue weighted by Gasteiger charge is 2.09. The molecular weight excluding hydrogens is 224 g/mol. The van der Waals surface area contributed by atoms with Crippen LogP contribution in [0.15, 0.2) is 28.9 Å². The Morgan fingerprint density at radius 3 is 2.89 bits per heavy atom. The van der Waals surface area contributed by atoms with Crippen LogP contribution >= 0.6 is 0 Å². The molecule has 0 saturated carbocycles. The summed E-state index contributed by atoms with van der Waals surface area (Å²) in [6, 6.07) is 6.32. The van der Waals surface area contributed by atoms with Crippen LogP contribution < -0.4 is 5.32 Å². The molecule has 3 heteroatoms. The number of nitrogens with one attached hydrogen (secondary N) is 1. The summed E-state index contributed by atoms with van der Waals surface area (Å²) in [6.07, 6.45) is 2.86. The fourth-order valence-electron chi connectivity index (χ4n) is 1.87. The number of rotatable bonds is 5. The molecule has 1 heterocycles. The van der Waals surface area contributed by atoms with Gasteiger partial charge in [-0.05, 0) is 38.4 Å². The summed E-state index contributed by atoms with van der Waals surface area (Å²) < 4.78 is 5.57. The lowest BCUT2D eigenvalue weighted by molar-refractivity contribution is 0.569. The van der Waals surface area contributed by atoms with E-state index in [-0.39, 0.29) is 0 Å². The van der Waals surface area contributed by atoms with Crippen LogP contribution in [0.1, 0.15) is 30.2 Å². The van der Waals surface area contributed by atoms with Crippen molar-refractivity contribution in [1.82, 2.24) is 10.3 Å². The Hall–Kier alpha value is -1.61. The lowest BCUT2D eigenvalue weighted by atomic mass is 10.1. The van der Waals surface area contributed by atoms with Gasteiger partial charge in [0.15, 0.2) is 0 Å². The Morgan fingerprint density at radius 2 is 2.11 bits per heavy atom. The standard InChI is InChI=1S/C15H20N2O/c1-4-7-16-9-13-10-18-15(17-13)14-8-11(2)5-6-12(14)3/h5-6,8,10,16H,4,7,9H2,1-3H3. The summed E-state index contributed by atoms with van der Waals surface area (Å²) in [6.45, 7) is 8.08. The maximum absolute atomic E-state index is 5.57. The molecule has 1 aromatic heterocycles. The number of aromatic nitrogens is 1. The van der Waals surface area contributed by atoms with Gasteiger partial charge in [0.25, 0.3) is 0 Å². The highest BCUT2D eigenvalue weighted by Crippen LogP contribution is 2.23. The summed E-state index contributed by atoms with van der Waals surface area (Å²) in [7, 11) is 0. The zero-order valence-corrected chi connectivity index (χ0v) is 11.3. The van der Waals surface area contributed by atoms with Gasteiger partial charge >= 0.3 is 0 Å². The molecule has 0 unspecified atom stereocenters. The fourth-order valence-corrected chi connectivity index (χ4v) is 1.87. The van der Waals surface area contributed by atoms with E-state index in [1.807, 2.05) is 0 Å². The van der Waals surface area contributed by atoms with Gasteiger partial charge in [0.05, 0.1) is 5.69 Å². The molecule has 1 aromatic carbocycles. The van der Waals surface area contributed by atoms with Crippen molar-refractivity contribution in [1.29, 1.82) is 0 Å². The number of nitrogens with zero attached hydrogens (tertiary/aromatic N) is 1. The van der Waals surface area contributed by atoms with Crippen LogP contribution in [0.4, 0.5) is 0 Å². The van der Waals surface area contributed by atoms with E-state index in [0.717, 1.165) is 30.8 Å². The van der Waals surface area contributed by atoms with E-state index in [4.69, 9.17) is 4.42 Å². The third-order valence-electron chi connectivity index (χ3n) is 2.91. The van der Waals surface area contributed by atoms with Crippen molar-refractivity contribution >= 4 is 0 Å². The highest BCUT2D eigenvalue weighted by molar-refractivity contribution is 5.59. The molecule has 2 rings (SSSR count). The van der Waals surface area contributed by atoms with E-state index in [2.05, 4.69) is 49.3 Å². The molecule has 0 fully saturated rings. The Kier molecular flexibility index (Phi) is 4.15. The number of aryl methyl sites for hydroxylation is 2. The van der Waals surface area contributed by atoms with Crippen LogP contribution in [0.25, 0.3) is 11.5 Å². The van der Waals surface area contributed by atoms with Crippen molar-refractivity contribution in [3.63, 3.8) is 0 Å². The van der Waals surface area contributed by atoms with Gasteiger partial charge in [-0.2, -0.15) is 0 Å². The molecule has 18 heavy (non-hydrogen) atoms. The molecule has 0 aliphatic heterocycles. The van der Waals surface area contributed by atoms with Crippen molar-refractivity contribution in [2.45, 2.75) is 33.7 Å². The molecule has 2 aromatic rings. The quantitative estimate of drug-likeness (QED) is 0.818. The molecule has 1 N–H and O–H groups in total. The number of oxazole rings is 1. The zero-order valence-electron chi connectivity index (χ0n) is 11.3. The Morgan fingerprint density at radius 1 is 1.28 bits per heavy atom. The van der Waals surface area contributed by atoms with Crippen LogP contribution in [-0.2, 0) is 6.54 Å². The molecule has 96 valence electrons. The summed E-state index contributed by atoms with van der Waals surface area (Å²) in [5.41, 5.74) is 4.45. The first-order chi connectivity index (χ1) is 8.70. The Bertz CT molecular complexity index is 517. The maximum atomic E-state index is 5.57. The largest absolute Gasteiger partial charge is 0.444 e. The van der Waals surface area contributed by atoms with Gasteiger partial charge in [0.2, 0.25) is 5.89 Å². The highest BCUT2D eigenvalue weighted by atomic mass is 16.3. The predicted molar refractivity (Wildman–Crippen MR) is 73.4 cm³/mol. The lowest BCUT2D eigenvalue weighted by Gasteiger charge is -2.02. The van der Waals surface area contributed by atoms with Gasteiger partial charge in [-0.3, -0.25) is 0 Å². The molecule has 0 radical (unpaired) electrons. The van der Waals surface area contributed by atoms with Crippen molar-refractivity contribution in [2.24, 2.45) is 0 Å². The minimum absolute atomic E-state index is 0.712. The second-order valence-electron chi connectivity index (χ2n) is 4.64. The molecule has 3 nitrogen and oxygen atoms in total. The molecule has 0 amide bonds. The average molecular weight is 244 g/mol. The molecule has 0 atom stereocenters. The molecular formula is C15H20N2O. The molecule has 0 aliphatic rings. The van der Waals surface area contributed by atoms with E-state index < -0.39 is 0 Å². The molecule has 0 bridgehead atoms. The van der Waals surface area contributed by atoms with Crippen LogP contribution in [0.2, 0.25) is 0 Å². The Balaban J connectivity index is 2.16. The van der Waals surface area contributed by atoms with E-state index >= 15 is 0 Å². The third kappa shape index (κ3) is 2.99. The average Bonchev–Trinajstić information content (AvgIpc) is 2.81. The van der Waals surface area contributed by atoms with Gasteiger partial charge in [-0.15, -0.1) is 0 Å². The first-order valence-electron chi connectivity index (χ1n) is 6.43. The van der Waals surface area contributed by atoms with Gasteiger partial charge in [-0.25, -0.2) is 4.98 Å². The molecule has 0 saturated heterocycles. The van der Waals surface area contributed by atoms with E-state index in [0.29, 0.717) is 5.89 Å². The lowest BCUT2D eigenvalue weighted by Crippen LogP contribution is -2.13.